The van der Waals surface area contributed by atoms with Gasteiger partial charge in [-0.15, -0.1) is 0 Å². The predicted molar refractivity (Wildman–Crippen MR) is 91.0 cm³/mol. The van der Waals surface area contributed by atoms with Gasteiger partial charge in [-0.3, -0.25) is 0 Å². The number of phenolic OH excluding ortho intramolecular Hbond substituents is 2. The first-order valence-electron chi connectivity index (χ1n) is 7.28. The van der Waals surface area contributed by atoms with Crippen LogP contribution in [-0.2, 0) is 12.8 Å². The summed E-state index contributed by atoms with van der Waals surface area (Å²) in [5.41, 5.74) is 2.34. The number of rotatable bonds is 6. The molecule has 22 heavy (non-hydrogen) atoms. The molecule has 0 atom stereocenters. The molecule has 0 amide bonds. The summed E-state index contributed by atoms with van der Waals surface area (Å²) in [6.07, 6.45) is 13.9. The number of hydrogen-bond acceptors (Lipinski definition) is 2. The zero-order chi connectivity index (χ0) is 15.6. The van der Waals surface area contributed by atoms with Gasteiger partial charge in [-0.2, -0.15) is 0 Å². The van der Waals surface area contributed by atoms with Crippen molar-refractivity contribution < 1.29 is 10.2 Å². The standard InChI is InChI=1S/C20H20O2/c21-19-13-9-17(10-14-19)7-5-3-1-2-4-6-8-18-11-15-20(22)16-12-18/h1-6,9-16,21-22H,7-8H2. The first-order valence-corrected chi connectivity index (χ1v) is 7.28. The lowest BCUT2D eigenvalue weighted by atomic mass is 10.1. The maximum Gasteiger partial charge on any atom is 0.115 e. The molecule has 0 radical (unpaired) electrons. The third kappa shape index (κ3) is 5.71. The fraction of sp³-hybridized carbons (Fsp3) is 0.100. The van der Waals surface area contributed by atoms with E-state index in [1.165, 1.54) is 11.1 Å². The zero-order valence-electron chi connectivity index (χ0n) is 12.4. The monoisotopic (exact) mass is 292 g/mol. The topological polar surface area (TPSA) is 40.5 Å². The van der Waals surface area contributed by atoms with Gasteiger partial charge in [-0.05, 0) is 48.2 Å². The van der Waals surface area contributed by atoms with Crippen molar-refractivity contribution in [1.82, 2.24) is 0 Å². The van der Waals surface area contributed by atoms with E-state index in [4.69, 9.17) is 0 Å². The second-order valence-corrected chi connectivity index (χ2v) is 4.98. The highest BCUT2D eigenvalue weighted by atomic mass is 16.3. The average molecular weight is 292 g/mol. The molecular formula is C20H20O2. The van der Waals surface area contributed by atoms with Crippen molar-refractivity contribution in [1.29, 1.82) is 0 Å². The first-order chi connectivity index (χ1) is 10.7. The number of allylic oxidation sites excluding steroid dienone is 6. The van der Waals surface area contributed by atoms with Crippen LogP contribution in [-0.4, -0.2) is 10.2 Å². The Hall–Kier alpha value is -2.74. The Morgan fingerprint density at radius 1 is 0.545 bits per heavy atom. The third-order valence-electron chi connectivity index (χ3n) is 3.19. The van der Waals surface area contributed by atoms with Crippen molar-refractivity contribution in [3.05, 3.63) is 96.1 Å². The fourth-order valence-corrected chi connectivity index (χ4v) is 1.96. The van der Waals surface area contributed by atoms with Gasteiger partial charge in [0.05, 0.1) is 0 Å². The van der Waals surface area contributed by atoms with Crippen molar-refractivity contribution in [3.63, 3.8) is 0 Å². The Kier molecular flexibility index (Phi) is 6.06. The van der Waals surface area contributed by atoms with E-state index < -0.39 is 0 Å². The van der Waals surface area contributed by atoms with E-state index in [1.54, 1.807) is 24.3 Å². The third-order valence-corrected chi connectivity index (χ3v) is 3.19. The molecule has 0 unspecified atom stereocenters. The van der Waals surface area contributed by atoms with Gasteiger partial charge in [0.15, 0.2) is 0 Å². The Morgan fingerprint density at radius 3 is 1.27 bits per heavy atom. The van der Waals surface area contributed by atoms with E-state index in [-0.39, 0.29) is 0 Å². The van der Waals surface area contributed by atoms with Crippen molar-refractivity contribution >= 4 is 0 Å². The summed E-state index contributed by atoms with van der Waals surface area (Å²) in [4.78, 5) is 0. The quantitative estimate of drug-likeness (QED) is 0.767. The van der Waals surface area contributed by atoms with Crippen LogP contribution in [0.2, 0.25) is 0 Å². The Morgan fingerprint density at radius 2 is 0.909 bits per heavy atom. The van der Waals surface area contributed by atoms with Gasteiger partial charge < -0.3 is 10.2 Å². The second kappa shape index (κ2) is 8.53. The maximum absolute atomic E-state index is 9.20. The Bertz CT molecular complexity index is 588. The highest BCUT2D eigenvalue weighted by Gasteiger charge is 1.90. The second-order valence-electron chi connectivity index (χ2n) is 4.98. The number of benzene rings is 2. The van der Waals surface area contributed by atoms with Gasteiger partial charge in [-0.25, -0.2) is 0 Å². The number of phenols is 2. The molecule has 0 aliphatic heterocycles. The zero-order valence-corrected chi connectivity index (χ0v) is 12.4. The lowest BCUT2D eigenvalue weighted by molar-refractivity contribution is 0.474. The Labute approximate surface area is 131 Å². The summed E-state index contributed by atoms with van der Waals surface area (Å²) in [6.45, 7) is 0. The molecule has 0 saturated heterocycles. The smallest absolute Gasteiger partial charge is 0.115 e. The summed E-state index contributed by atoms with van der Waals surface area (Å²) in [5, 5.41) is 18.4. The normalized spacial score (nSPS) is 11.8. The largest absolute Gasteiger partial charge is 0.508 e. The van der Waals surface area contributed by atoms with Crippen LogP contribution in [0, 0.1) is 0 Å². The van der Waals surface area contributed by atoms with Crippen LogP contribution in [0.5, 0.6) is 11.5 Å². The summed E-state index contributed by atoms with van der Waals surface area (Å²) in [7, 11) is 0. The van der Waals surface area contributed by atoms with Gasteiger partial charge in [0, 0.05) is 0 Å². The van der Waals surface area contributed by atoms with E-state index in [0.29, 0.717) is 11.5 Å². The lowest BCUT2D eigenvalue weighted by Crippen LogP contribution is -1.78. The minimum absolute atomic E-state index is 0.298. The van der Waals surface area contributed by atoms with Crippen molar-refractivity contribution in [2.75, 3.05) is 0 Å². The molecule has 2 N–H and O–H groups in total. The number of aromatic hydroxyl groups is 2. The molecule has 2 rings (SSSR count). The molecule has 0 aliphatic rings. The molecule has 2 nitrogen and oxygen atoms in total. The van der Waals surface area contributed by atoms with E-state index in [9.17, 15) is 10.2 Å². The molecule has 0 aromatic heterocycles. The molecule has 112 valence electrons. The fourth-order valence-electron chi connectivity index (χ4n) is 1.96. The van der Waals surface area contributed by atoms with Crippen LogP contribution in [0.3, 0.4) is 0 Å². The van der Waals surface area contributed by atoms with Gasteiger partial charge in [0.2, 0.25) is 0 Å². The summed E-state index contributed by atoms with van der Waals surface area (Å²) in [5.74, 6) is 0.595. The summed E-state index contributed by atoms with van der Waals surface area (Å²) < 4.78 is 0. The molecule has 0 bridgehead atoms. The predicted octanol–water partition coefficient (Wildman–Crippen LogP) is 4.55. The summed E-state index contributed by atoms with van der Waals surface area (Å²) in [6, 6.07) is 14.5. The van der Waals surface area contributed by atoms with Crippen LogP contribution < -0.4 is 0 Å². The molecule has 0 spiro atoms. The van der Waals surface area contributed by atoms with Gasteiger partial charge in [0.1, 0.15) is 11.5 Å². The van der Waals surface area contributed by atoms with Crippen molar-refractivity contribution in [3.8, 4) is 11.5 Å². The van der Waals surface area contributed by atoms with Crippen molar-refractivity contribution in [2.45, 2.75) is 12.8 Å². The minimum atomic E-state index is 0.298. The molecule has 0 heterocycles. The van der Waals surface area contributed by atoms with E-state index in [0.717, 1.165) is 12.8 Å². The van der Waals surface area contributed by atoms with Crippen LogP contribution in [0.25, 0.3) is 0 Å². The van der Waals surface area contributed by atoms with E-state index >= 15 is 0 Å². The van der Waals surface area contributed by atoms with Gasteiger partial charge in [0.25, 0.3) is 0 Å². The molecule has 0 fully saturated rings. The van der Waals surface area contributed by atoms with E-state index in [2.05, 4.69) is 12.2 Å². The minimum Gasteiger partial charge on any atom is -0.508 e. The van der Waals surface area contributed by atoms with Crippen LogP contribution in [0.1, 0.15) is 11.1 Å². The lowest BCUT2D eigenvalue weighted by Gasteiger charge is -1.95. The Balaban J connectivity index is 1.71. The van der Waals surface area contributed by atoms with Crippen LogP contribution >= 0.6 is 0 Å². The van der Waals surface area contributed by atoms with Gasteiger partial charge in [-0.1, -0.05) is 60.7 Å². The van der Waals surface area contributed by atoms with E-state index in [1.807, 2.05) is 48.6 Å². The molecule has 2 aromatic carbocycles. The molecular weight excluding hydrogens is 272 g/mol. The average Bonchev–Trinajstić information content (AvgIpc) is 2.53. The highest BCUT2D eigenvalue weighted by molar-refractivity contribution is 5.28. The molecule has 2 aromatic rings. The van der Waals surface area contributed by atoms with Crippen molar-refractivity contribution in [2.24, 2.45) is 0 Å². The molecule has 0 saturated carbocycles. The van der Waals surface area contributed by atoms with Crippen LogP contribution in [0.4, 0.5) is 0 Å². The molecule has 0 aliphatic carbocycles. The highest BCUT2D eigenvalue weighted by Crippen LogP contribution is 2.11. The summed E-state index contributed by atoms with van der Waals surface area (Å²) >= 11 is 0. The SMILES string of the molecule is Oc1ccc(CC=CC=CC=CCc2ccc(O)cc2)cc1. The van der Waals surface area contributed by atoms with Gasteiger partial charge >= 0.3 is 0 Å². The first kappa shape index (κ1) is 15.6. The maximum atomic E-state index is 9.20. The molecule has 2 heteroatoms. The number of hydrogen-bond donors (Lipinski definition) is 2. The van der Waals surface area contributed by atoms with Crippen LogP contribution in [0.15, 0.2) is 85.0 Å².